The summed E-state index contributed by atoms with van der Waals surface area (Å²) in [4.78, 5) is 23.7. The molecule has 0 aliphatic heterocycles. The Labute approximate surface area is 149 Å². The molecule has 0 fully saturated rings. The highest BCUT2D eigenvalue weighted by Crippen LogP contribution is 2.27. The molecule has 25 heavy (non-hydrogen) atoms. The van der Waals surface area contributed by atoms with Gasteiger partial charge in [0, 0.05) is 22.4 Å². The smallest absolute Gasteiger partial charge is 0.340 e. The summed E-state index contributed by atoms with van der Waals surface area (Å²) >= 11 is 5.90. The number of aliphatic carboxylic acids is 1. The topological polar surface area (TPSA) is 67.5 Å². The quantitative estimate of drug-likeness (QED) is 0.708. The Balaban J connectivity index is 2.19. The van der Waals surface area contributed by atoms with Gasteiger partial charge in [0.1, 0.15) is 5.58 Å². The van der Waals surface area contributed by atoms with E-state index in [1.54, 1.807) is 18.2 Å². The minimum Gasteiger partial charge on any atom is -0.481 e. The van der Waals surface area contributed by atoms with E-state index in [0.29, 0.717) is 33.5 Å². The molecule has 0 unspecified atom stereocenters. The van der Waals surface area contributed by atoms with Gasteiger partial charge in [-0.2, -0.15) is 0 Å². The molecule has 0 aliphatic carbocycles. The first-order valence-electron chi connectivity index (χ1n) is 7.87. The van der Waals surface area contributed by atoms with Crippen LogP contribution in [0.4, 0.5) is 0 Å². The number of halogens is 1. The van der Waals surface area contributed by atoms with Gasteiger partial charge in [-0.3, -0.25) is 4.79 Å². The van der Waals surface area contributed by atoms with Crippen molar-refractivity contribution in [3.63, 3.8) is 0 Å². The van der Waals surface area contributed by atoms with E-state index in [1.165, 1.54) is 0 Å². The van der Waals surface area contributed by atoms with Crippen molar-refractivity contribution in [2.75, 3.05) is 0 Å². The highest BCUT2D eigenvalue weighted by atomic mass is 35.5. The largest absolute Gasteiger partial charge is 0.481 e. The molecule has 0 saturated carbocycles. The van der Waals surface area contributed by atoms with Crippen molar-refractivity contribution in [1.82, 2.24) is 0 Å². The van der Waals surface area contributed by atoms with Gasteiger partial charge in [0.15, 0.2) is 0 Å². The minimum absolute atomic E-state index is 0.118. The molecule has 0 saturated heterocycles. The van der Waals surface area contributed by atoms with Gasteiger partial charge in [-0.25, -0.2) is 4.79 Å². The van der Waals surface area contributed by atoms with E-state index < -0.39 is 11.6 Å². The number of carboxylic acid groups (broad SMARTS) is 1. The normalized spacial score (nSPS) is 11.0. The highest BCUT2D eigenvalue weighted by molar-refractivity contribution is 6.30. The predicted octanol–water partition coefficient (Wildman–Crippen LogP) is 4.28. The summed E-state index contributed by atoms with van der Waals surface area (Å²) < 4.78 is 5.50. The van der Waals surface area contributed by atoms with Crippen LogP contribution in [0, 0.1) is 13.8 Å². The third-order valence-electron chi connectivity index (χ3n) is 4.24. The van der Waals surface area contributed by atoms with Crippen LogP contribution in [0.1, 0.15) is 27.8 Å². The molecule has 0 spiro atoms. The molecule has 3 aromatic rings. The molecule has 4 nitrogen and oxygen atoms in total. The molecule has 3 rings (SSSR count). The standard InChI is InChI=1S/C20H17ClO4/c1-11-7-14(10-18(22)23)19-12(2)16(20(24)25-17(19)8-11)9-13-3-5-15(21)6-4-13/h3-8H,9-10H2,1-2H3,(H,22,23). The number of hydrogen-bond donors (Lipinski definition) is 1. The van der Waals surface area contributed by atoms with E-state index in [9.17, 15) is 14.7 Å². The maximum Gasteiger partial charge on any atom is 0.340 e. The molecular formula is C20H17ClO4. The molecule has 1 aromatic heterocycles. The third-order valence-corrected chi connectivity index (χ3v) is 4.49. The summed E-state index contributed by atoms with van der Waals surface area (Å²) in [6, 6.07) is 10.9. The number of carboxylic acids is 1. The Morgan fingerprint density at radius 3 is 2.48 bits per heavy atom. The van der Waals surface area contributed by atoms with Crippen LogP contribution >= 0.6 is 11.6 Å². The average Bonchev–Trinajstić information content (AvgIpc) is 2.51. The van der Waals surface area contributed by atoms with Crippen LogP contribution in [0.5, 0.6) is 0 Å². The second-order valence-electron chi connectivity index (χ2n) is 6.16. The van der Waals surface area contributed by atoms with Gasteiger partial charge in [-0.05, 0) is 54.3 Å². The molecular weight excluding hydrogens is 340 g/mol. The van der Waals surface area contributed by atoms with E-state index >= 15 is 0 Å². The molecule has 0 atom stereocenters. The Hall–Kier alpha value is -2.59. The molecule has 0 amide bonds. The van der Waals surface area contributed by atoms with Crippen molar-refractivity contribution >= 4 is 28.5 Å². The molecule has 0 bridgehead atoms. The zero-order chi connectivity index (χ0) is 18.1. The fourth-order valence-electron chi connectivity index (χ4n) is 3.11. The summed E-state index contributed by atoms with van der Waals surface area (Å²) in [7, 11) is 0. The van der Waals surface area contributed by atoms with Gasteiger partial charge in [-0.1, -0.05) is 29.8 Å². The van der Waals surface area contributed by atoms with E-state index in [4.69, 9.17) is 16.0 Å². The Kier molecular flexibility index (Phi) is 4.64. The van der Waals surface area contributed by atoms with Crippen LogP contribution in [0.15, 0.2) is 45.6 Å². The Morgan fingerprint density at radius 2 is 1.84 bits per heavy atom. The number of fused-ring (bicyclic) bond motifs is 1. The highest BCUT2D eigenvalue weighted by Gasteiger charge is 2.16. The summed E-state index contributed by atoms with van der Waals surface area (Å²) in [6.07, 6.45) is 0.287. The first-order valence-corrected chi connectivity index (χ1v) is 8.25. The predicted molar refractivity (Wildman–Crippen MR) is 97.6 cm³/mol. The third kappa shape index (κ3) is 3.59. The number of carbonyl (C=O) groups is 1. The zero-order valence-electron chi connectivity index (χ0n) is 13.9. The molecule has 128 valence electrons. The first-order chi connectivity index (χ1) is 11.8. The molecule has 1 N–H and O–H groups in total. The molecule has 5 heteroatoms. The Bertz CT molecular complexity index is 1020. The van der Waals surface area contributed by atoms with Gasteiger partial charge < -0.3 is 9.52 Å². The molecule has 0 radical (unpaired) electrons. The second kappa shape index (κ2) is 6.73. The van der Waals surface area contributed by atoms with Crippen molar-refractivity contribution in [1.29, 1.82) is 0 Å². The van der Waals surface area contributed by atoms with Crippen LogP contribution in [0.3, 0.4) is 0 Å². The van der Waals surface area contributed by atoms with E-state index in [1.807, 2.05) is 32.0 Å². The lowest BCUT2D eigenvalue weighted by Gasteiger charge is -2.12. The molecule has 1 heterocycles. The van der Waals surface area contributed by atoms with Gasteiger partial charge >= 0.3 is 11.6 Å². The van der Waals surface area contributed by atoms with Crippen molar-refractivity contribution in [3.8, 4) is 0 Å². The van der Waals surface area contributed by atoms with Crippen molar-refractivity contribution in [2.24, 2.45) is 0 Å². The molecule has 0 aliphatic rings. The maximum absolute atomic E-state index is 12.5. The van der Waals surface area contributed by atoms with Crippen molar-refractivity contribution < 1.29 is 14.3 Å². The van der Waals surface area contributed by atoms with E-state index in [2.05, 4.69) is 0 Å². The molecule has 2 aromatic carbocycles. The van der Waals surface area contributed by atoms with Gasteiger partial charge in [0.05, 0.1) is 6.42 Å². The van der Waals surface area contributed by atoms with Crippen LogP contribution in [0.25, 0.3) is 11.0 Å². The maximum atomic E-state index is 12.5. The van der Waals surface area contributed by atoms with Crippen molar-refractivity contribution in [3.05, 3.63) is 79.7 Å². The number of aryl methyl sites for hydroxylation is 2. The number of benzene rings is 2. The van der Waals surface area contributed by atoms with E-state index in [-0.39, 0.29) is 6.42 Å². The summed E-state index contributed by atoms with van der Waals surface area (Å²) in [5, 5.41) is 10.5. The number of hydrogen-bond acceptors (Lipinski definition) is 3. The lowest BCUT2D eigenvalue weighted by molar-refractivity contribution is -0.136. The van der Waals surface area contributed by atoms with Crippen LogP contribution in [0.2, 0.25) is 5.02 Å². The first kappa shape index (κ1) is 17.2. The van der Waals surface area contributed by atoms with Crippen LogP contribution < -0.4 is 5.63 Å². The van der Waals surface area contributed by atoms with E-state index in [0.717, 1.165) is 16.7 Å². The summed E-state index contributed by atoms with van der Waals surface area (Å²) in [5.74, 6) is -0.920. The minimum atomic E-state index is -0.920. The van der Waals surface area contributed by atoms with Crippen LogP contribution in [-0.2, 0) is 17.6 Å². The summed E-state index contributed by atoms with van der Waals surface area (Å²) in [6.45, 7) is 3.69. The summed E-state index contributed by atoms with van der Waals surface area (Å²) in [5.41, 5.74) is 3.78. The van der Waals surface area contributed by atoms with Gasteiger partial charge in [-0.15, -0.1) is 0 Å². The monoisotopic (exact) mass is 356 g/mol. The lowest BCUT2D eigenvalue weighted by Crippen LogP contribution is -2.12. The zero-order valence-corrected chi connectivity index (χ0v) is 14.7. The lowest BCUT2D eigenvalue weighted by atomic mass is 9.95. The van der Waals surface area contributed by atoms with Crippen LogP contribution in [-0.4, -0.2) is 11.1 Å². The second-order valence-corrected chi connectivity index (χ2v) is 6.60. The number of rotatable bonds is 4. The SMILES string of the molecule is Cc1cc(CC(=O)O)c2c(C)c(Cc3ccc(Cl)cc3)c(=O)oc2c1. The Morgan fingerprint density at radius 1 is 1.16 bits per heavy atom. The van der Waals surface area contributed by atoms with Gasteiger partial charge in [0.2, 0.25) is 0 Å². The fourth-order valence-corrected chi connectivity index (χ4v) is 3.24. The average molecular weight is 357 g/mol. The van der Waals surface area contributed by atoms with Gasteiger partial charge in [0.25, 0.3) is 0 Å². The van der Waals surface area contributed by atoms with Crippen molar-refractivity contribution in [2.45, 2.75) is 26.7 Å². The fraction of sp³-hybridized carbons (Fsp3) is 0.200.